The van der Waals surface area contributed by atoms with Crippen LogP contribution in [0.15, 0.2) is 6.07 Å². The van der Waals surface area contributed by atoms with E-state index in [0.29, 0.717) is 43.1 Å². The molecular weight excluding hydrogens is 284 g/mol. The molecule has 1 heterocycles. The molecule has 0 amide bonds. The number of benzene rings is 1. The third-order valence-electron chi connectivity index (χ3n) is 4.10. The first-order chi connectivity index (χ1) is 9.56. The van der Waals surface area contributed by atoms with Crippen LogP contribution in [0.2, 0.25) is 5.02 Å². The first-order valence-corrected chi connectivity index (χ1v) is 6.99. The minimum absolute atomic E-state index is 0.0542. The lowest BCUT2D eigenvalue weighted by Gasteiger charge is -2.31. The van der Waals surface area contributed by atoms with Crippen molar-refractivity contribution < 1.29 is 24.5 Å². The Morgan fingerprint density at radius 3 is 2.55 bits per heavy atom. The van der Waals surface area contributed by atoms with Crippen LogP contribution in [0.5, 0.6) is 17.2 Å². The smallest absolute Gasteiger partial charge is 0.314 e. The average molecular weight is 299 g/mol. The lowest BCUT2D eigenvalue weighted by atomic mass is 9.78. The van der Waals surface area contributed by atoms with Crippen LogP contribution in [0.3, 0.4) is 0 Å². The van der Waals surface area contributed by atoms with E-state index in [4.69, 9.17) is 21.1 Å². The third-order valence-corrected chi connectivity index (χ3v) is 4.48. The number of carboxylic acid groups (broad SMARTS) is 1. The number of carboxylic acids is 1. The maximum absolute atomic E-state index is 11.8. The van der Waals surface area contributed by atoms with E-state index in [1.165, 1.54) is 6.07 Å². The Morgan fingerprint density at radius 1 is 1.25 bits per heavy atom. The number of aliphatic carboxylic acids is 1. The largest absolute Gasteiger partial charge is 0.506 e. The van der Waals surface area contributed by atoms with Gasteiger partial charge in [-0.1, -0.05) is 24.4 Å². The van der Waals surface area contributed by atoms with E-state index in [9.17, 15) is 15.0 Å². The summed E-state index contributed by atoms with van der Waals surface area (Å²) in [7, 11) is 0. The second kappa shape index (κ2) is 4.74. The highest BCUT2D eigenvalue weighted by Gasteiger charge is 2.48. The number of carbonyl (C=O) groups is 1. The summed E-state index contributed by atoms with van der Waals surface area (Å²) in [6.07, 6.45) is 2.60. The minimum Gasteiger partial charge on any atom is -0.506 e. The fourth-order valence-electron chi connectivity index (χ4n) is 3.13. The molecule has 20 heavy (non-hydrogen) atoms. The van der Waals surface area contributed by atoms with Gasteiger partial charge in [0.15, 0.2) is 11.5 Å². The van der Waals surface area contributed by atoms with Crippen LogP contribution in [0, 0.1) is 0 Å². The molecule has 0 spiro atoms. The third kappa shape index (κ3) is 1.80. The van der Waals surface area contributed by atoms with Gasteiger partial charge in [-0.2, -0.15) is 0 Å². The molecule has 1 fully saturated rings. The number of hydrogen-bond acceptors (Lipinski definition) is 4. The van der Waals surface area contributed by atoms with Gasteiger partial charge in [0, 0.05) is 11.6 Å². The van der Waals surface area contributed by atoms with Crippen LogP contribution in [0.25, 0.3) is 0 Å². The van der Waals surface area contributed by atoms with Gasteiger partial charge in [0.1, 0.15) is 19.0 Å². The molecule has 2 aliphatic rings. The molecule has 0 bridgehead atoms. The van der Waals surface area contributed by atoms with Gasteiger partial charge in [0.05, 0.1) is 10.4 Å². The number of fused-ring (bicyclic) bond motifs is 1. The molecule has 1 saturated carbocycles. The number of hydrogen-bond donors (Lipinski definition) is 2. The normalized spacial score (nSPS) is 19.9. The molecular formula is C14H15ClO5. The monoisotopic (exact) mass is 298 g/mol. The summed E-state index contributed by atoms with van der Waals surface area (Å²) in [6, 6.07) is 1.38. The fraction of sp³-hybridized carbons (Fsp3) is 0.500. The van der Waals surface area contributed by atoms with E-state index in [1.54, 1.807) is 0 Å². The zero-order valence-electron chi connectivity index (χ0n) is 10.8. The summed E-state index contributed by atoms with van der Waals surface area (Å²) in [4.78, 5) is 11.8. The molecule has 108 valence electrons. The van der Waals surface area contributed by atoms with Crippen molar-refractivity contribution in [1.82, 2.24) is 0 Å². The zero-order chi connectivity index (χ0) is 14.3. The maximum Gasteiger partial charge on any atom is 0.314 e. The van der Waals surface area contributed by atoms with E-state index in [1.807, 2.05) is 0 Å². The van der Waals surface area contributed by atoms with Crippen LogP contribution >= 0.6 is 11.6 Å². The second-order valence-electron chi connectivity index (χ2n) is 5.20. The molecule has 0 unspecified atom stereocenters. The first kappa shape index (κ1) is 13.4. The van der Waals surface area contributed by atoms with Crippen molar-refractivity contribution in [2.45, 2.75) is 31.1 Å². The maximum atomic E-state index is 11.8. The summed E-state index contributed by atoms with van der Waals surface area (Å²) < 4.78 is 11.0. The second-order valence-corrected chi connectivity index (χ2v) is 5.58. The van der Waals surface area contributed by atoms with E-state index in [-0.39, 0.29) is 10.8 Å². The predicted molar refractivity (Wildman–Crippen MR) is 71.9 cm³/mol. The van der Waals surface area contributed by atoms with E-state index in [0.717, 1.165) is 12.8 Å². The zero-order valence-corrected chi connectivity index (χ0v) is 11.6. The number of phenolic OH excluding ortho intramolecular Hbond substituents is 1. The molecule has 2 N–H and O–H groups in total. The molecule has 0 saturated heterocycles. The highest BCUT2D eigenvalue weighted by Crippen LogP contribution is 2.53. The Balaban J connectivity index is 2.26. The van der Waals surface area contributed by atoms with Crippen molar-refractivity contribution >= 4 is 17.6 Å². The number of ether oxygens (including phenoxy) is 2. The molecule has 1 aromatic carbocycles. The van der Waals surface area contributed by atoms with Crippen LogP contribution in [0.4, 0.5) is 0 Å². The Kier molecular flexibility index (Phi) is 3.17. The summed E-state index contributed by atoms with van der Waals surface area (Å²) in [5, 5.41) is 19.7. The number of aromatic hydroxyl groups is 1. The SMILES string of the molecule is O=C(O)C1(c2c(Cl)c(O)cc3c2OCCO3)CCCC1. The van der Waals surface area contributed by atoms with E-state index >= 15 is 0 Å². The Hall–Kier alpha value is -1.62. The average Bonchev–Trinajstić information content (AvgIpc) is 2.90. The predicted octanol–water partition coefficient (Wildman–Crippen LogP) is 2.71. The summed E-state index contributed by atoms with van der Waals surface area (Å²) in [5.74, 6) is -0.374. The van der Waals surface area contributed by atoms with Gasteiger partial charge in [-0.15, -0.1) is 0 Å². The van der Waals surface area contributed by atoms with Gasteiger partial charge in [0.25, 0.3) is 0 Å². The topological polar surface area (TPSA) is 76.0 Å². The molecule has 1 aromatic rings. The van der Waals surface area contributed by atoms with Crippen molar-refractivity contribution in [2.24, 2.45) is 0 Å². The van der Waals surface area contributed by atoms with Crippen LogP contribution < -0.4 is 9.47 Å². The molecule has 0 atom stereocenters. The van der Waals surface area contributed by atoms with E-state index < -0.39 is 11.4 Å². The standard InChI is InChI=1S/C14H15ClO5/c15-11-8(16)7-9-12(20-6-5-19-9)10(11)14(13(17)18)3-1-2-4-14/h7,16H,1-6H2,(H,17,18). The first-order valence-electron chi connectivity index (χ1n) is 6.61. The van der Waals surface area contributed by atoms with Crippen LogP contribution in [-0.4, -0.2) is 29.4 Å². The van der Waals surface area contributed by atoms with E-state index in [2.05, 4.69) is 0 Å². The summed E-state index contributed by atoms with van der Waals surface area (Å²) in [5.41, 5.74) is -0.737. The molecule has 0 radical (unpaired) electrons. The van der Waals surface area contributed by atoms with Crippen LogP contribution in [0.1, 0.15) is 31.2 Å². The van der Waals surface area contributed by atoms with Gasteiger partial charge < -0.3 is 19.7 Å². The van der Waals surface area contributed by atoms with Gasteiger partial charge in [-0.25, -0.2) is 0 Å². The molecule has 6 heteroatoms. The highest BCUT2D eigenvalue weighted by molar-refractivity contribution is 6.33. The number of rotatable bonds is 2. The lowest BCUT2D eigenvalue weighted by molar-refractivity contribution is -0.143. The van der Waals surface area contributed by atoms with Gasteiger partial charge in [0.2, 0.25) is 0 Å². The van der Waals surface area contributed by atoms with Gasteiger partial charge in [-0.3, -0.25) is 4.79 Å². The van der Waals surface area contributed by atoms with Crippen molar-refractivity contribution in [3.63, 3.8) is 0 Å². The Bertz CT molecular complexity index is 563. The number of phenols is 1. The summed E-state index contributed by atoms with van der Waals surface area (Å²) in [6.45, 7) is 0.713. The lowest BCUT2D eigenvalue weighted by Crippen LogP contribution is -2.34. The Labute approximate surface area is 121 Å². The quantitative estimate of drug-likeness (QED) is 0.878. The van der Waals surface area contributed by atoms with Crippen molar-refractivity contribution in [1.29, 1.82) is 0 Å². The highest BCUT2D eigenvalue weighted by atomic mass is 35.5. The van der Waals surface area contributed by atoms with Crippen molar-refractivity contribution in [2.75, 3.05) is 13.2 Å². The molecule has 1 aliphatic heterocycles. The fourth-order valence-corrected chi connectivity index (χ4v) is 3.45. The van der Waals surface area contributed by atoms with Gasteiger partial charge in [-0.05, 0) is 12.8 Å². The van der Waals surface area contributed by atoms with Crippen molar-refractivity contribution in [3.8, 4) is 17.2 Å². The Morgan fingerprint density at radius 2 is 1.90 bits per heavy atom. The number of halogens is 1. The molecule has 5 nitrogen and oxygen atoms in total. The minimum atomic E-state index is -1.10. The van der Waals surface area contributed by atoms with Gasteiger partial charge >= 0.3 is 5.97 Å². The van der Waals surface area contributed by atoms with Crippen LogP contribution in [-0.2, 0) is 10.2 Å². The molecule has 0 aromatic heterocycles. The molecule has 3 rings (SSSR count). The summed E-state index contributed by atoms with van der Waals surface area (Å²) >= 11 is 6.19. The van der Waals surface area contributed by atoms with Crippen molar-refractivity contribution in [3.05, 3.63) is 16.7 Å². The molecule has 1 aliphatic carbocycles.